The van der Waals surface area contributed by atoms with E-state index in [1.807, 2.05) is 48.7 Å². The zero-order chi connectivity index (χ0) is 24.4. The molecule has 1 aliphatic carbocycles. The van der Waals surface area contributed by atoms with E-state index in [2.05, 4.69) is 28.4 Å². The minimum atomic E-state index is -0.981. The highest BCUT2D eigenvalue weighted by Crippen LogP contribution is 2.47. The first-order valence-electron chi connectivity index (χ1n) is 11.4. The number of carboxylic acid groups (broad SMARTS) is 1. The van der Waals surface area contributed by atoms with Gasteiger partial charge in [0.05, 0.1) is 23.3 Å². The van der Waals surface area contributed by atoms with E-state index < -0.39 is 5.97 Å². The van der Waals surface area contributed by atoms with E-state index in [-0.39, 0.29) is 0 Å². The molecule has 2 N–H and O–H groups in total. The van der Waals surface area contributed by atoms with Crippen molar-refractivity contribution in [1.29, 1.82) is 5.26 Å². The minimum Gasteiger partial charge on any atom is -0.478 e. The number of fused-ring (bicyclic) bond motifs is 1. The number of benzene rings is 3. The van der Waals surface area contributed by atoms with Crippen LogP contribution in [-0.2, 0) is 4.79 Å². The summed E-state index contributed by atoms with van der Waals surface area (Å²) in [6, 6.07) is 21.8. The number of rotatable bonds is 6. The van der Waals surface area contributed by atoms with Crippen molar-refractivity contribution in [3.63, 3.8) is 0 Å². The highest BCUT2D eigenvalue weighted by Gasteiger charge is 2.28. The first kappa shape index (κ1) is 22.6. The second kappa shape index (κ2) is 9.61. The van der Waals surface area contributed by atoms with Gasteiger partial charge in [0.2, 0.25) is 0 Å². The van der Waals surface area contributed by atoms with Crippen LogP contribution in [0.3, 0.4) is 0 Å². The maximum Gasteiger partial charge on any atom is 0.328 e. The summed E-state index contributed by atoms with van der Waals surface area (Å²) in [5.74, 6) is -0.632. The summed E-state index contributed by atoms with van der Waals surface area (Å²) in [7, 11) is 0. The zero-order valence-electron chi connectivity index (χ0n) is 18.8. The SMILES string of the molecule is N#Cc1ccc(/C(=C(\c2ccc(/C=C/C(=O)O)cc2)c2ccc3[nH]ncc3c2)C2CCC2)c(Cl)c1. The molecule has 0 spiro atoms. The van der Waals surface area contributed by atoms with Gasteiger partial charge in [0, 0.05) is 16.5 Å². The van der Waals surface area contributed by atoms with Gasteiger partial charge in [-0.1, -0.05) is 54.4 Å². The molecule has 35 heavy (non-hydrogen) atoms. The van der Waals surface area contributed by atoms with Crippen LogP contribution in [-0.4, -0.2) is 21.3 Å². The fourth-order valence-corrected chi connectivity index (χ4v) is 4.85. The summed E-state index contributed by atoms with van der Waals surface area (Å²) in [5, 5.41) is 27.1. The van der Waals surface area contributed by atoms with E-state index in [4.69, 9.17) is 16.7 Å². The van der Waals surface area contributed by atoms with Crippen LogP contribution in [0.4, 0.5) is 0 Å². The Morgan fingerprint density at radius 3 is 2.51 bits per heavy atom. The van der Waals surface area contributed by atoms with Crippen molar-refractivity contribution in [2.24, 2.45) is 5.92 Å². The average molecular weight is 480 g/mol. The lowest BCUT2D eigenvalue weighted by atomic mass is 9.73. The number of carbonyl (C=O) groups is 1. The van der Waals surface area contributed by atoms with E-state index in [0.29, 0.717) is 16.5 Å². The van der Waals surface area contributed by atoms with E-state index in [1.54, 1.807) is 12.1 Å². The van der Waals surface area contributed by atoms with Crippen LogP contribution in [0, 0.1) is 17.2 Å². The smallest absolute Gasteiger partial charge is 0.328 e. The van der Waals surface area contributed by atoms with Gasteiger partial charge in [-0.3, -0.25) is 5.10 Å². The van der Waals surface area contributed by atoms with Gasteiger partial charge in [-0.25, -0.2) is 4.79 Å². The number of carboxylic acids is 1. The Hall–Kier alpha value is -4.14. The molecule has 0 radical (unpaired) electrons. The molecule has 1 heterocycles. The molecule has 5 nitrogen and oxygen atoms in total. The fraction of sp³-hybridized carbons (Fsp3) is 0.138. The molecule has 0 unspecified atom stereocenters. The van der Waals surface area contributed by atoms with Gasteiger partial charge in [0.15, 0.2) is 0 Å². The summed E-state index contributed by atoms with van der Waals surface area (Å²) in [6.45, 7) is 0. The Labute approximate surface area is 208 Å². The van der Waals surface area contributed by atoms with Crippen LogP contribution < -0.4 is 0 Å². The Balaban J connectivity index is 1.75. The number of hydrogen-bond donors (Lipinski definition) is 2. The van der Waals surface area contributed by atoms with Crippen molar-refractivity contribution >= 4 is 45.7 Å². The summed E-state index contributed by atoms with van der Waals surface area (Å²) in [4.78, 5) is 10.9. The van der Waals surface area contributed by atoms with Crippen LogP contribution in [0.15, 0.2) is 72.9 Å². The number of hydrogen-bond acceptors (Lipinski definition) is 3. The monoisotopic (exact) mass is 479 g/mol. The highest BCUT2D eigenvalue weighted by molar-refractivity contribution is 6.33. The van der Waals surface area contributed by atoms with Crippen molar-refractivity contribution in [2.45, 2.75) is 19.3 Å². The number of H-pyrrole nitrogens is 1. The Kier molecular flexibility index (Phi) is 6.22. The molecule has 1 aromatic heterocycles. The number of nitrogens with zero attached hydrogens (tertiary/aromatic N) is 2. The minimum absolute atomic E-state index is 0.349. The van der Waals surface area contributed by atoms with Gasteiger partial charge < -0.3 is 5.11 Å². The molecular formula is C29H22ClN3O2. The van der Waals surface area contributed by atoms with Gasteiger partial charge in [-0.05, 0) is 82.5 Å². The van der Waals surface area contributed by atoms with Crippen molar-refractivity contribution < 1.29 is 9.90 Å². The lowest BCUT2D eigenvalue weighted by Gasteiger charge is -2.32. The van der Waals surface area contributed by atoms with Gasteiger partial charge in [-0.15, -0.1) is 0 Å². The van der Waals surface area contributed by atoms with Gasteiger partial charge in [0.25, 0.3) is 0 Å². The van der Waals surface area contributed by atoms with Crippen LogP contribution >= 0.6 is 11.6 Å². The topological polar surface area (TPSA) is 89.8 Å². The molecule has 0 amide bonds. The van der Waals surface area contributed by atoms with Crippen LogP contribution in [0.25, 0.3) is 28.1 Å². The zero-order valence-corrected chi connectivity index (χ0v) is 19.6. The molecule has 0 aliphatic heterocycles. The summed E-state index contributed by atoms with van der Waals surface area (Å²) >= 11 is 6.76. The van der Waals surface area contributed by atoms with Crippen molar-refractivity contribution in [2.75, 3.05) is 0 Å². The molecule has 5 rings (SSSR count). The quantitative estimate of drug-likeness (QED) is 0.231. The number of aromatic nitrogens is 2. The fourth-order valence-electron chi connectivity index (χ4n) is 4.56. The molecular weight excluding hydrogens is 458 g/mol. The van der Waals surface area contributed by atoms with Gasteiger partial charge >= 0.3 is 5.97 Å². The number of nitrogens with one attached hydrogen (secondary N) is 1. The predicted octanol–water partition coefficient (Wildman–Crippen LogP) is 6.94. The Morgan fingerprint density at radius 1 is 1.09 bits per heavy atom. The maximum atomic E-state index is 10.9. The highest BCUT2D eigenvalue weighted by atomic mass is 35.5. The number of nitriles is 1. The lowest BCUT2D eigenvalue weighted by Crippen LogP contribution is -2.15. The molecule has 4 aromatic rings. The lowest BCUT2D eigenvalue weighted by molar-refractivity contribution is -0.131. The second-order valence-electron chi connectivity index (χ2n) is 8.69. The standard InChI is InChI=1S/C29H22ClN3O2/c30-25-14-19(16-31)6-11-24(25)29(20-2-1-3-20)28(22-10-12-26-23(15-22)17-32-33-26)21-8-4-18(5-9-21)7-13-27(34)35/h4-15,17,20H,1-3H2,(H,32,33)(H,34,35)/b13-7+,29-28+. The molecule has 0 saturated heterocycles. The number of aliphatic carboxylic acids is 1. The summed E-state index contributed by atoms with van der Waals surface area (Å²) < 4.78 is 0. The van der Waals surface area contributed by atoms with E-state index >= 15 is 0 Å². The van der Waals surface area contributed by atoms with Crippen LogP contribution in [0.5, 0.6) is 0 Å². The van der Waals surface area contributed by atoms with E-state index in [1.165, 1.54) is 5.57 Å². The van der Waals surface area contributed by atoms with E-state index in [9.17, 15) is 10.1 Å². The van der Waals surface area contributed by atoms with Crippen molar-refractivity contribution in [3.05, 3.63) is 106 Å². The first-order valence-corrected chi connectivity index (χ1v) is 11.8. The van der Waals surface area contributed by atoms with Gasteiger partial charge in [0.1, 0.15) is 0 Å². The summed E-state index contributed by atoms with van der Waals surface area (Å²) in [5.41, 5.74) is 7.56. The molecule has 1 fully saturated rings. The molecule has 6 heteroatoms. The predicted molar refractivity (Wildman–Crippen MR) is 139 cm³/mol. The van der Waals surface area contributed by atoms with Crippen LogP contribution in [0.2, 0.25) is 5.02 Å². The number of halogens is 1. The molecule has 0 atom stereocenters. The molecule has 172 valence electrons. The third-order valence-electron chi connectivity index (χ3n) is 6.52. The third-order valence-corrected chi connectivity index (χ3v) is 6.83. The first-order chi connectivity index (χ1) is 17.0. The van der Waals surface area contributed by atoms with Gasteiger partial charge in [-0.2, -0.15) is 10.4 Å². The average Bonchev–Trinajstić information content (AvgIpc) is 3.30. The van der Waals surface area contributed by atoms with Crippen LogP contribution in [0.1, 0.15) is 47.1 Å². The third kappa shape index (κ3) is 4.62. The number of aromatic amines is 1. The van der Waals surface area contributed by atoms with Crippen molar-refractivity contribution in [3.8, 4) is 6.07 Å². The maximum absolute atomic E-state index is 10.9. The largest absolute Gasteiger partial charge is 0.478 e. The summed E-state index contributed by atoms with van der Waals surface area (Å²) in [6.07, 6.45) is 7.83. The van der Waals surface area contributed by atoms with E-state index in [0.717, 1.165) is 64.1 Å². The van der Waals surface area contributed by atoms with Crippen molar-refractivity contribution in [1.82, 2.24) is 10.2 Å². The molecule has 3 aromatic carbocycles. The molecule has 1 aliphatic rings. The Morgan fingerprint density at radius 2 is 1.86 bits per heavy atom. The molecule has 1 saturated carbocycles. The molecule has 0 bridgehead atoms. The normalized spacial score (nSPS) is 14.5. The number of allylic oxidation sites excluding steroid dienone is 1. The Bertz CT molecular complexity index is 1520. The second-order valence-corrected chi connectivity index (χ2v) is 9.10.